The van der Waals surface area contributed by atoms with Crippen molar-refractivity contribution >= 4 is 23.7 Å². The maximum Gasteiger partial charge on any atom is 0.194 e. The summed E-state index contributed by atoms with van der Waals surface area (Å²) in [7, 11) is 3.87. The van der Waals surface area contributed by atoms with E-state index in [0.717, 1.165) is 5.92 Å². The second-order valence-corrected chi connectivity index (χ2v) is 4.93. The van der Waals surface area contributed by atoms with E-state index in [2.05, 4.69) is 22.5 Å². The van der Waals surface area contributed by atoms with Gasteiger partial charge in [-0.15, -0.1) is 0 Å². The fourth-order valence-corrected chi connectivity index (χ4v) is 2.51. The summed E-state index contributed by atoms with van der Waals surface area (Å²) in [6.45, 7) is 0. The molecule has 82 valence electrons. The fraction of sp³-hybridized carbons (Fsp3) is 0.636. The van der Waals surface area contributed by atoms with Gasteiger partial charge < -0.3 is 10.2 Å². The highest BCUT2D eigenvalue weighted by molar-refractivity contribution is 7.80. The van der Waals surface area contributed by atoms with Gasteiger partial charge in [0.25, 0.3) is 0 Å². The van der Waals surface area contributed by atoms with Crippen LogP contribution in [-0.4, -0.2) is 36.5 Å². The second-order valence-electron chi connectivity index (χ2n) is 4.54. The van der Waals surface area contributed by atoms with Crippen LogP contribution in [0.5, 0.6) is 0 Å². The predicted molar refractivity (Wildman–Crippen MR) is 67.1 cm³/mol. The molecule has 0 aromatic carbocycles. The van der Waals surface area contributed by atoms with Crippen LogP contribution in [0.4, 0.5) is 0 Å². The number of rotatable bonds is 2. The first kappa shape index (κ1) is 10.6. The summed E-state index contributed by atoms with van der Waals surface area (Å²) in [4.78, 5) is 6.05. The van der Waals surface area contributed by atoms with Crippen molar-refractivity contribution in [1.29, 1.82) is 0 Å². The summed E-state index contributed by atoms with van der Waals surface area (Å²) in [6.07, 6.45) is 8.87. The third-order valence-electron chi connectivity index (χ3n) is 2.99. The summed E-state index contributed by atoms with van der Waals surface area (Å²) in [6, 6.07) is 0.506. The van der Waals surface area contributed by atoms with Crippen molar-refractivity contribution in [3.63, 3.8) is 0 Å². The van der Waals surface area contributed by atoms with Gasteiger partial charge in [-0.2, -0.15) is 0 Å². The Balaban J connectivity index is 1.83. The van der Waals surface area contributed by atoms with Crippen molar-refractivity contribution in [3.8, 4) is 0 Å². The molecule has 0 heterocycles. The van der Waals surface area contributed by atoms with Crippen LogP contribution in [-0.2, 0) is 0 Å². The van der Waals surface area contributed by atoms with Crippen LogP contribution in [0.15, 0.2) is 17.1 Å². The molecule has 15 heavy (non-hydrogen) atoms. The van der Waals surface area contributed by atoms with Crippen LogP contribution in [0.1, 0.15) is 12.8 Å². The Kier molecular flexibility index (Phi) is 3.05. The van der Waals surface area contributed by atoms with Crippen molar-refractivity contribution in [1.82, 2.24) is 10.2 Å². The van der Waals surface area contributed by atoms with Gasteiger partial charge in [-0.05, 0) is 36.9 Å². The Morgan fingerprint density at radius 1 is 1.47 bits per heavy atom. The first-order valence-corrected chi connectivity index (χ1v) is 5.75. The number of aliphatic imine (C=N–C) groups is 1. The fourth-order valence-electron chi connectivity index (χ4n) is 2.31. The molecule has 2 aliphatic carbocycles. The molecule has 2 aliphatic rings. The van der Waals surface area contributed by atoms with E-state index < -0.39 is 0 Å². The highest BCUT2D eigenvalue weighted by Crippen LogP contribution is 2.38. The average Bonchev–Trinajstić information content (AvgIpc) is 2.76. The monoisotopic (exact) mass is 223 g/mol. The molecule has 0 aromatic heterocycles. The molecule has 3 nitrogen and oxygen atoms in total. The summed E-state index contributed by atoms with van der Waals surface area (Å²) >= 11 is 5.16. The molecule has 3 unspecified atom stereocenters. The lowest BCUT2D eigenvalue weighted by atomic mass is 10.0. The standard InChI is InChI=1S/C11H17N3S/c1-14(2)7-12-11(15)13-10-6-8-3-4-9(10)5-8/h3-4,7-10H,5-6H2,1-2H3,(H,13,15)/b12-7+. The first-order chi connectivity index (χ1) is 7.15. The zero-order valence-corrected chi connectivity index (χ0v) is 10.00. The normalized spacial score (nSPS) is 32.5. The van der Waals surface area contributed by atoms with Crippen LogP contribution < -0.4 is 5.32 Å². The minimum Gasteiger partial charge on any atom is -0.369 e. The summed E-state index contributed by atoms with van der Waals surface area (Å²) in [5, 5.41) is 3.93. The van der Waals surface area contributed by atoms with Gasteiger partial charge in [0, 0.05) is 20.1 Å². The highest BCUT2D eigenvalue weighted by Gasteiger charge is 2.35. The van der Waals surface area contributed by atoms with Crippen molar-refractivity contribution in [2.45, 2.75) is 18.9 Å². The van der Waals surface area contributed by atoms with Crippen LogP contribution in [0.3, 0.4) is 0 Å². The van der Waals surface area contributed by atoms with E-state index in [1.165, 1.54) is 12.8 Å². The summed E-state index contributed by atoms with van der Waals surface area (Å²) < 4.78 is 0. The van der Waals surface area contributed by atoms with Crippen molar-refractivity contribution in [3.05, 3.63) is 12.2 Å². The summed E-state index contributed by atoms with van der Waals surface area (Å²) in [5.41, 5.74) is 0. The van der Waals surface area contributed by atoms with Crippen LogP contribution in [0.2, 0.25) is 0 Å². The van der Waals surface area contributed by atoms with Gasteiger partial charge in [-0.1, -0.05) is 12.2 Å². The third-order valence-corrected chi connectivity index (χ3v) is 3.22. The molecule has 0 aliphatic heterocycles. The van der Waals surface area contributed by atoms with Crippen LogP contribution in [0, 0.1) is 11.8 Å². The number of allylic oxidation sites excluding steroid dienone is 1. The topological polar surface area (TPSA) is 27.6 Å². The molecule has 1 fully saturated rings. The number of fused-ring (bicyclic) bond motifs is 2. The predicted octanol–water partition coefficient (Wildman–Crippen LogP) is 1.42. The van der Waals surface area contributed by atoms with Crippen molar-refractivity contribution in [2.75, 3.05) is 14.1 Å². The molecule has 2 rings (SSSR count). The first-order valence-electron chi connectivity index (χ1n) is 5.34. The van der Waals surface area contributed by atoms with Crippen molar-refractivity contribution < 1.29 is 0 Å². The van der Waals surface area contributed by atoms with E-state index in [9.17, 15) is 0 Å². The van der Waals surface area contributed by atoms with Crippen molar-refractivity contribution in [2.24, 2.45) is 16.8 Å². The maximum atomic E-state index is 5.16. The number of nitrogens with zero attached hydrogens (tertiary/aromatic N) is 2. The molecule has 0 saturated heterocycles. The van der Waals surface area contributed by atoms with Gasteiger partial charge >= 0.3 is 0 Å². The molecule has 2 bridgehead atoms. The largest absolute Gasteiger partial charge is 0.369 e. The quantitative estimate of drug-likeness (QED) is 0.332. The lowest BCUT2D eigenvalue weighted by molar-refractivity contribution is 0.525. The zero-order chi connectivity index (χ0) is 10.8. The number of hydrogen-bond acceptors (Lipinski definition) is 1. The molecule has 1 N–H and O–H groups in total. The van der Waals surface area contributed by atoms with E-state index in [1.807, 2.05) is 19.0 Å². The van der Waals surface area contributed by atoms with Gasteiger partial charge in [-0.25, -0.2) is 4.99 Å². The lowest BCUT2D eigenvalue weighted by Gasteiger charge is -2.19. The third kappa shape index (κ3) is 2.56. The van der Waals surface area contributed by atoms with E-state index >= 15 is 0 Å². The zero-order valence-electron chi connectivity index (χ0n) is 9.18. The number of thiocarbonyl (C=S) groups is 1. The van der Waals surface area contributed by atoms with Crippen LogP contribution >= 0.6 is 12.2 Å². The molecule has 0 radical (unpaired) electrons. The van der Waals surface area contributed by atoms with Gasteiger partial charge in [0.15, 0.2) is 5.11 Å². The molecule has 0 aromatic rings. The smallest absolute Gasteiger partial charge is 0.194 e. The average molecular weight is 223 g/mol. The SMILES string of the molecule is CN(C)/C=N/C(=S)NC1CC2C=CC1C2. The Labute approximate surface area is 96.3 Å². The van der Waals surface area contributed by atoms with E-state index in [-0.39, 0.29) is 0 Å². The van der Waals surface area contributed by atoms with Gasteiger partial charge in [0.05, 0.1) is 6.34 Å². The maximum absolute atomic E-state index is 5.16. The van der Waals surface area contributed by atoms with Gasteiger partial charge in [0.2, 0.25) is 0 Å². The van der Waals surface area contributed by atoms with Gasteiger partial charge in [-0.3, -0.25) is 0 Å². The number of hydrogen-bond donors (Lipinski definition) is 1. The Morgan fingerprint density at radius 2 is 2.27 bits per heavy atom. The summed E-state index contributed by atoms with van der Waals surface area (Å²) in [5.74, 6) is 1.44. The minimum atomic E-state index is 0.506. The van der Waals surface area contributed by atoms with E-state index in [0.29, 0.717) is 17.1 Å². The Morgan fingerprint density at radius 3 is 2.80 bits per heavy atom. The van der Waals surface area contributed by atoms with E-state index in [1.54, 1.807) is 6.34 Å². The Bertz CT molecular complexity index is 309. The second kappa shape index (κ2) is 4.31. The molecule has 4 heteroatoms. The Hall–Kier alpha value is -0.900. The molecule has 0 spiro atoms. The van der Waals surface area contributed by atoms with E-state index in [4.69, 9.17) is 12.2 Å². The van der Waals surface area contributed by atoms with Crippen LogP contribution in [0.25, 0.3) is 0 Å². The highest BCUT2D eigenvalue weighted by atomic mass is 32.1. The molecule has 1 saturated carbocycles. The lowest BCUT2D eigenvalue weighted by Crippen LogP contribution is -2.36. The number of nitrogens with one attached hydrogen (secondary N) is 1. The van der Waals surface area contributed by atoms with Gasteiger partial charge in [0.1, 0.15) is 0 Å². The minimum absolute atomic E-state index is 0.506. The molecular weight excluding hydrogens is 206 g/mol. The molecular formula is C11H17N3S. The molecule has 0 amide bonds. The molecule has 3 atom stereocenters.